The van der Waals surface area contributed by atoms with Crippen molar-refractivity contribution in [2.45, 2.75) is 12.5 Å². The lowest BCUT2D eigenvalue weighted by molar-refractivity contribution is 0.100. The highest BCUT2D eigenvalue weighted by atomic mass is 16.1. The standard InChI is InChI=1S/C12H19N3O/c1-15(2)11(8-13)7-9-3-5-10(6-4-9)12(14)16/h3-6,11H,7-8,13H2,1-2H3,(H2,14,16)/t11-/m0/s1. The molecule has 0 heterocycles. The molecule has 0 aromatic heterocycles. The molecule has 1 amide bonds. The second-order valence-corrected chi connectivity index (χ2v) is 4.12. The van der Waals surface area contributed by atoms with Crippen LogP contribution in [0, 0.1) is 0 Å². The molecule has 0 aliphatic heterocycles. The Hall–Kier alpha value is -1.39. The summed E-state index contributed by atoms with van der Waals surface area (Å²) in [6.07, 6.45) is 0.878. The molecular formula is C12H19N3O. The van der Waals surface area contributed by atoms with E-state index in [1.165, 1.54) is 0 Å². The topological polar surface area (TPSA) is 72.3 Å². The van der Waals surface area contributed by atoms with Crippen LogP contribution in [0.3, 0.4) is 0 Å². The maximum atomic E-state index is 10.9. The first-order valence-corrected chi connectivity index (χ1v) is 5.30. The lowest BCUT2D eigenvalue weighted by Gasteiger charge is -2.22. The van der Waals surface area contributed by atoms with Crippen LogP contribution in [0.2, 0.25) is 0 Å². The van der Waals surface area contributed by atoms with Gasteiger partial charge in [0.2, 0.25) is 5.91 Å². The highest BCUT2D eigenvalue weighted by Crippen LogP contribution is 2.08. The average molecular weight is 221 g/mol. The Kier molecular flexibility index (Phi) is 4.46. The number of carbonyl (C=O) groups is 1. The molecule has 4 N–H and O–H groups in total. The van der Waals surface area contributed by atoms with E-state index in [0.717, 1.165) is 12.0 Å². The number of nitrogens with two attached hydrogens (primary N) is 2. The van der Waals surface area contributed by atoms with Crippen LogP contribution in [-0.2, 0) is 6.42 Å². The SMILES string of the molecule is CN(C)[C@H](CN)Cc1ccc(C(N)=O)cc1. The zero-order chi connectivity index (χ0) is 12.1. The average Bonchev–Trinajstić information content (AvgIpc) is 2.26. The van der Waals surface area contributed by atoms with E-state index >= 15 is 0 Å². The summed E-state index contributed by atoms with van der Waals surface area (Å²) in [7, 11) is 4.02. The van der Waals surface area contributed by atoms with E-state index in [9.17, 15) is 4.79 Å². The fourth-order valence-corrected chi connectivity index (χ4v) is 1.55. The first-order valence-electron chi connectivity index (χ1n) is 5.30. The van der Waals surface area contributed by atoms with Gasteiger partial charge in [-0.15, -0.1) is 0 Å². The van der Waals surface area contributed by atoms with Crippen LogP contribution in [0.4, 0.5) is 0 Å². The number of primary amides is 1. The summed E-state index contributed by atoms with van der Waals surface area (Å²) < 4.78 is 0. The van der Waals surface area contributed by atoms with Crippen molar-refractivity contribution in [2.24, 2.45) is 11.5 Å². The van der Waals surface area contributed by atoms with Crippen molar-refractivity contribution < 1.29 is 4.79 Å². The van der Waals surface area contributed by atoms with Gasteiger partial charge in [0, 0.05) is 18.2 Å². The number of rotatable bonds is 5. The fourth-order valence-electron chi connectivity index (χ4n) is 1.55. The van der Waals surface area contributed by atoms with Crippen LogP contribution in [0.25, 0.3) is 0 Å². The third-order valence-corrected chi connectivity index (χ3v) is 2.71. The first-order chi connectivity index (χ1) is 7.54. The molecule has 0 radical (unpaired) electrons. The minimum absolute atomic E-state index is 0.319. The molecular weight excluding hydrogens is 202 g/mol. The Morgan fingerprint density at radius 1 is 1.31 bits per heavy atom. The highest BCUT2D eigenvalue weighted by Gasteiger charge is 2.10. The zero-order valence-corrected chi connectivity index (χ0v) is 9.81. The minimum Gasteiger partial charge on any atom is -0.366 e. The largest absolute Gasteiger partial charge is 0.366 e. The van der Waals surface area contributed by atoms with Crippen molar-refractivity contribution in [3.63, 3.8) is 0 Å². The van der Waals surface area contributed by atoms with Crippen LogP contribution < -0.4 is 11.5 Å². The van der Waals surface area contributed by atoms with Crippen LogP contribution in [0.5, 0.6) is 0 Å². The molecule has 0 fully saturated rings. The third-order valence-electron chi connectivity index (χ3n) is 2.71. The summed E-state index contributed by atoms with van der Waals surface area (Å²) in [5, 5.41) is 0. The monoisotopic (exact) mass is 221 g/mol. The molecule has 0 saturated heterocycles. The Labute approximate surface area is 96.2 Å². The predicted octanol–water partition coefficient (Wildman–Crippen LogP) is 0.217. The van der Waals surface area contributed by atoms with Crippen molar-refractivity contribution in [1.29, 1.82) is 0 Å². The van der Waals surface area contributed by atoms with Gasteiger partial charge in [0.1, 0.15) is 0 Å². The molecule has 4 heteroatoms. The summed E-state index contributed by atoms with van der Waals surface area (Å²) >= 11 is 0. The second-order valence-electron chi connectivity index (χ2n) is 4.12. The van der Waals surface area contributed by atoms with Gasteiger partial charge in [0.25, 0.3) is 0 Å². The Balaban J connectivity index is 2.71. The lowest BCUT2D eigenvalue weighted by atomic mass is 10.0. The number of benzene rings is 1. The molecule has 16 heavy (non-hydrogen) atoms. The second kappa shape index (κ2) is 5.63. The van der Waals surface area contributed by atoms with E-state index in [2.05, 4.69) is 4.90 Å². The molecule has 1 aromatic rings. The van der Waals surface area contributed by atoms with Crippen LogP contribution >= 0.6 is 0 Å². The van der Waals surface area contributed by atoms with E-state index in [-0.39, 0.29) is 0 Å². The number of amides is 1. The maximum absolute atomic E-state index is 10.9. The third kappa shape index (κ3) is 3.32. The van der Waals surface area contributed by atoms with E-state index in [0.29, 0.717) is 18.2 Å². The number of hydrogen-bond donors (Lipinski definition) is 2. The molecule has 0 saturated carbocycles. The maximum Gasteiger partial charge on any atom is 0.248 e. The van der Waals surface area contributed by atoms with Gasteiger partial charge in [-0.3, -0.25) is 4.79 Å². The van der Waals surface area contributed by atoms with Crippen molar-refractivity contribution in [1.82, 2.24) is 4.90 Å². The zero-order valence-electron chi connectivity index (χ0n) is 9.81. The van der Waals surface area contributed by atoms with Gasteiger partial charge in [-0.2, -0.15) is 0 Å². The quantitative estimate of drug-likeness (QED) is 0.747. The number of nitrogens with zero attached hydrogens (tertiary/aromatic N) is 1. The smallest absolute Gasteiger partial charge is 0.248 e. The molecule has 1 aromatic carbocycles. The van der Waals surface area contributed by atoms with E-state index in [1.54, 1.807) is 12.1 Å². The summed E-state index contributed by atoms with van der Waals surface area (Å²) in [4.78, 5) is 13.0. The van der Waals surface area contributed by atoms with Crippen molar-refractivity contribution in [3.05, 3.63) is 35.4 Å². The van der Waals surface area contributed by atoms with Crippen LogP contribution in [-0.4, -0.2) is 37.5 Å². The molecule has 88 valence electrons. The van der Waals surface area contributed by atoms with Gasteiger partial charge in [-0.05, 0) is 38.2 Å². The molecule has 0 spiro atoms. The molecule has 1 atom stereocenters. The van der Waals surface area contributed by atoms with E-state index in [1.807, 2.05) is 26.2 Å². The van der Waals surface area contributed by atoms with Gasteiger partial charge in [0.05, 0.1) is 0 Å². The Morgan fingerprint density at radius 3 is 2.25 bits per heavy atom. The summed E-state index contributed by atoms with van der Waals surface area (Å²) in [6, 6.07) is 7.67. The van der Waals surface area contributed by atoms with Gasteiger partial charge in [-0.25, -0.2) is 0 Å². The van der Waals surface area contributed by atoms with Crippen molar-refractivity contribution >= 4 is 5.91 Å². The number of carbonyl (C=O) groups excluding carboxylic acids is 1. The van der Waals surface area contributed by atoms with Gasteiger partial charge < -0.3 is 16.4 Å². The van der Waals surface area contributed by atoms with E-state index in [4.69, 9.17) is 11.5 Å². The molecule has 0 aliphatic rings. The molecule has 0 bridgehead atoms. The van der Waals surface area contributed by atoms with Crippen LogP contribution in [0.1, 0.15) is 15.9 Å². The number of hydrogen-bond acceptors (Lipinski definition) is 3. The van der Waals surface area contributed by atoms with Crippen molar-refractivity contribution in [3.8, 4) is 0 Å². The minimum atomic E-state index is -0.394. The fraction of sp³-hybridized carbons (Fsp3) is 0.417. The first kappa shape index (κ1) is 12.7. The normalized spacial score (nSPS) is 12.8. The summed E-state index contributed by atoms with van der Waals surface area (Å²) in [6.45, 7) is 0.616. The molecule has 0 aliphatic carbocycles. The predicted molar refractivity (Wildman–Crippen MR) is 65.2 cm³/mol. The van der Waals surface area contributed by atoms with Crippen LogP contribution in [0.15, 0.2) is 24.3 Å². The summed E-state index contributed by atoms with van der Waals surface area (Å²) in [5.74, 6) is -0.394. The van der Waals surface area contributed by atoms with E-state index < -0.39 is 5.91 Å². The van der Waals surface area contributed by atoms with Gasteiger partial charge in [0.15, 0.2) is 0 Å². The molecule has 4 nitrogen and oxygen atoms in total. The molecule has 0 unspecified atom stereocenters. The summed E-state index contributed by atoms with van der Waals surface area (Å²) in [5.41, 5.74) is 12.6. The van der Waals surface area contributed by atoms with Gasteiger partial charge in [-0.1, -0.05) is 12.1 Å². The van der Waals surface area contributed by atoms with Gasteiger partial charge >= 0.3 is 0 Å². The van der Waals surface area contributed by atoms with Crippen molar-refractivity contribution in [2.75, 3.05) is 20.6 Å². The highest BCUT2D eigenvalue weighted by molar-refractivity contribution is 5.92. The lowest BCUT2D eigenvalue weighted by Crippen LogP contribution is -2.36. The molecule has 1 rings (SSSR count). The number of likely N-dealkylation sites (N-methyl/N-ethyl adjacent to an activating group) is 1. The Bertz CT molecular complexity index is 346. The Morgan fingerprint density at radius 2 is 1.88 bits per heavy atom.